The number of rotatable bonds is 0. The summed E-state index contributed by atoms with van der Waals surface area (Å²) in [6.45, 7) is 1.36. The SMILES string of the molecule is CC(=O)N1C(=O)NC2OC3CCCCC3OC21. The van der Waals surface area contributed by atoms with E-state index in [9.17, 15) is 9.59 Å². The molecular weight excluding hydrogens is 224 g/mol. The summed E-state index contributed by atoms with van der Waals surface area (Å²) in [7, 11) is 0. The molecule has 2 heterocycles. The van der Waals surface area contributed by atoms with Crippen LogP contribution in [0.5, 0.6) is 0 Å². The van der Waals surface area contributed by atoms with E-state index in [-0.39, 0.29) is 18.1 Å². The van der Waals surface area contributed by atoms with Crippen LogP contribution in [0.25, 0.3) is 0 Å². The van der Waals surface area contributed by atoms with E-state index >= 15 is 0 Å². The van der Waals surface area contributed by atoms with Crippen LogP contribution in [-0.4, -0.2) is 41.5 Å². The maximum atomic E-state index is 11.6. The van der Waals surface area contributed by atoms with Gasteiger partial charge in [-0.1, -0.05) is 12.8 Å². The van der Waals surface area contributed by atoms with Crippen molar-refractivity contribution in [2.45, 2.75) is 57.3 Å². The first-order valence-electron chi connectivity index (χ1n) is 6.08. The molecular formula is C11H16N2O4. The lowest BCUT2D eigenvalue weighted by atomic mass is 9.93. The van der Waals surface area contributed by atoms with Crippen LogP contribution in [0.4, 0.5) is 4.79 Å². The number of nitrogens with zero attached hydrogens (tertiary/aromatic N) is 1. The third kappa shape index (κ3) is 1.71. The van der Waals surface area contributed by atoms with Crippen LogP contribution in [0, 0.1) is 0 Å². The van der Waals surface area contributed by atoms with Gasteiger partial charge >= 0.3 is 6.03 Å². The Kier molecular flexibility index (Phi) is 2.56. The second-order valence-electron chi connectivity index (χ2n) is 4.78. The molecule has 2 saturated heterocycles. The van der Waals surface area contributed by atoms with E-state index in [1.165, 1.54) is 6.92 Å². The van der Waals surface area contributed by atoms with Gasteiger partial charge in [0.05, 0.1) is 12.2 Å². The third-order valence-electron chi connectivity index (χ3n) is 3.61. The predicted molar refractivity (Wildman–Crippen MR) is 56.8 cm³/mol. The number of ether oxygens (including phenoxy) is 2. The number of hydrogen-bond acceptors (Lipinski definition) is 4. The summed E-state index contributed by atoms with van der Waals surface area (Å²) in [5, 5.41) is 2.64. The van der Waals surface area contributed by atoms with Crippen molar-refractivity contribution in [3.8, 4) is 0 Å². The van der Waals surface area contributed by atoms with Gasteiger partial charge < -0.3 is 14.8 Å². The fourth-order valence-corrected chi connectivity index (χ4v) is 2.81. The highest BCUT2D eigenvalue weighted by atomic mass is 16.6. The van der Waals surface area contributed by atoms with Crippen LogP contribution >= 0.6 is 0 Å². The van der Waals surface area contributed by atoms with E-state index in [2.05, 4.69) is 5.32 Å². The standard InChI is InChI=1S/C11H16N2O4/c1-6(14)13-10-9(12-11(13)15)16-7-4-2-3-5-8(7)17-10/h7-10H,2-5H2,1H3,(H,12,15). The van der Waals surface area contributed by atoms with Crippen LogP contribution in [-0.2, 0) is 14.3 Å². The molecule has 4 atom stereocenters. The number of nitrogens with one attached hydrogen (secondary N) is 1. The molecule has 0 aromatic carbocycles. The molecule has 0 bridgehead atoms. The van der Waals surface area contributed by atoms with E-state index in [1.54, 1.807) is 0 Å². The highest BCUT2D eigenvalue weighted by Crippen LogP contribution is 2.33. The summed E-state index contributed by atoms with van der Waals surface area (Å²) in [5.74, 6) is -0.312. The summed E-state index contributed by atoms with van der Waals surface area (Å²) in [5.41, 5.74) is 0. The number of amides is 3. The van der Waals surface area contributed by atoms with Crippen molar-refractivity contribution < 1.29 is 19.1 Å². The van der Waals surface area contributed by atoms with Crippen molar-refractivity contribution in [2.24, 2.45) is 0 Å². The summed E-state index contributed by atoms with van der Waals surface area (Å²) in [6, 6.07) is -0.425. The lowest BCUT2D eigenvalue weighted by Gasteiger charge is -2.41. The average Bonchev–Trinajstić information content (AvgIpc) is 2.60. The highest BCUT2D eigenvalue weighted by molar-refractivity contribution is 5.95. The van der Waals surface area contributed by atoms with E-state index in [0.29, 0.717) is 0 Å². The Labute approximate surface area is 99.2 Å². The lowest BCUT2D eigenvalue weighted by Crippen LogP contribution is -2.54. The molecule has 3 rings (SSSR count). The third-order valence-corrected chi connectivity index (χ3v) is 3.61. The topological polar surface area (TPSA) is 67.9 Å². The van der Waals surface area contributed by atoms with Crippen molar-refractivity contribution in [3.05, 3.63) is 0 Å². The number of imide groups is 1. The molecule has 0 aromatic heterocycles. The van der Waals surface area contributed by atoms with Gasteiger partial charge in [0.25, 0.3) is 0 Å². The molecule has 3 amide bonds. The van der Waals surface area contributed by atoms with Crippen LogP contribution in [0.1, 0.15) is 32.6 Å². The first-order chi connectivity index (χ1) is 8.16. The monoisotopic (exact) mass is 240 g/mol. The zero-order valence-corrected chi connectivity index (χ0v) is 9.72. The predicted octanol–water partition coefficient (Wildman–Crippen LogP) is 0.568. The minimum atomic E-state index is -0.598. The van der Waals surface area contributed by atoms with Gasteiger partial charge in [0, 0.05) is 6.92 Å². The first-order valence-corrected chi connectivity index (χ1v) is 6.08. The van der Waals surface area contributed by atoms with Gasteiger partial charge in [0.2, 0.25) is 5.91 Å². The smallest absolute Gasteiger partial charge is 0.328 e. The molecule has 17 heavy (non-hydrogen) atoms. The summed E-state index contributed by atoms with van der Waals surface area (Å²) in [6.07, 6.45) is 3.11. The fraction of sp³-hybridized carbons (Fsp3) is 0.818. The van der Waals surface area contributed by atoms with Gasteiger partial charge in [0.15, 0.2) is 12.5 Å². The molecule has 94 valence electrons. The van der Waals surface area contributed by atoms with Crippen LogP contribution in [0.3, 0.4) is 0 Å². The number of urea groups is 1. The number of carbonyl (C=O) groups is 2. The fourth-order valence-electron chi connectivity index (χ4n) is 2.81. The lowest BCUT2D eigenvalue weighted by molar-refractivity contribution is -0.248. The Morgan fingerprint density at radius 3 is 2.59 bits per heavy atom. The van der Waals surface area contributed by atoms with Crippen molar-refractivity contribution >= 4 is 11.9 Å². The molecule has 0 radical (unpaired) electrons. The van der Waals surface area contributed by atoms with Crippen molar-refractivity contribution in [1.29, 1.82) is 0 Å². The summed E-state index contributed by atoms with van der Waals surface area (Å²) < 4.78 is 11.7. The Hall–Kier alpha value is -1.14. The Bertz CT molecular complexity index is 359. The van der Waals surface area contributed by atoms with Crippen LogP contribution < -0.4 is 5.32 Å². The Morgan fingerprint density at radius 2 is 1.94 bits per heavy atom. The van der Waals surface area contributed by atoms with E-state index < -0.39 is 18.5 Å². The zero-order chi connectivity index (χ0) is 12.0. The number of hydrogen-bond donors (Lipinski definition) is 1. The van der Waals surface area contributed by atoms with Crippen molar-refractivity contribution in [3.63, 3.8) is 0 Å². The maximum Gasteiger partial charge on any atom is 0.328 e. The average molecular weight is 240 g/mol. The van der Waals surface area contributed by atoms with E-state index in [4.69, 9.17) is 9.47 Å². The zero-order valence-electron chi connectivity index (χ0n) is 9.72. The van der Waals surface area contributed by atoms with E-state index in [0.717, 1.165) is 30.6 Å². The van der Waals surface area contributed by atoms with Gasteiger partial charge in [-0.3, -0.25) is 4.79 Å². The number of carbonyl (C=O) groups excluding carboxylic acids is 2. The molecule has 4 unspecified atom stereocenters. The van der Waals surface area contributed by atoms with E-state index in [1.807, 2.05) is 0 Å². The highest BCUT2D eigenvalue weighted by Gasteiger charge is 2.50. The van der Waals surface area contributed by atoms with Gasteiger partial charge in [-0.2, -0.15) is 0 Å². The van der Waals surface area contributed by atoms with Gasteiger partial charge in [0.1, 0.15) is 0 Å². The minimum absolute atomic E-state index is 0.0135. The largest absolute Gasteiger partial charge is 0.348 e. The second-order valence-corrected chi connectivity index (χ2v) is 4.78. The molecule has 6 heteroatoms. The molecule has 3 aliphatic rings. The van der Waals surface area contributed by atoms with Crippen molar-refractivity contribution in [2.75, 3.05) is 0 Å². The van der Waals surface area contributed by atoms with Gasteiger partial charge in [-0.25, -0.2) is 9.69 Å². The Balaban J connectivity index is 1.80. The second kappa shape index (κ2) is 3.96. The normalized spacial score (nSPS) is 40.5. The molecule has 3 fully saturated rings. The first kappa shape index (κ1) is 11.0. The molecule has 0 spiro atoms. The minimum Gasteiger partial charge on any atom is -0.348 e. The maximum absolute atomic E-state index is 11.6. The molecule has 2 aliphatic heterocycles. The molecule has 1 aliphatic carbocycles. The molecule has 6 nitrogen and oxygen atoms in total. The molecule has 1 saturated carbocycles. The Morgan fingerprint density at radius 1 is 1.29 bits per heavy atom. The quantitative estimate of drug-likeness (QED) is 0.672. The van der Waals surface area contributed by atoms with Crippen molar-refractivity contribution in [1.82, 2.24) is 10.2 Å². The van der Waals surface area contributed by atoms with Gasteiger partial charge in [-0.05, 0) is 12.8 Å². The van der Waals surface area contributed by atoms with Crippen LogP contribution in [0.2, 0.25) is 0 Å². The summed E-state index contributed by atoms with van der Waals surface area (Å²) in [4.78, 5) is 24.1. The molecule has 0 aromatic rings. The number of fused-ring (bicyclic) bond motifs is 2. The van der Waals surface area contributed by atoms with Gasteiger partial charge in [-0.15, -0.1) is 0 Å². The summed E-state index contributed by atoms with van der Waals surface area (Å²) >= 11 is 0. The van der Waals surface area contributed by atoms with Crippen LogP contribution in [0.15, 0.2) is 0 Å². The molecule has 1 N–H and O–H groups in total.